The van der Waals surface area contributed by atoms with Gasteiger partial charge >= 0.3 is 0 Å². The number of benzene rings is 1. The number of hydrogen-bond donors (Lipinski definition) is 0. The molecular formula is C21H27BrN2O. The average Bonchev–Trinajstić information content (AvgIpc) is 2.62. The van der Waals surface area contributed by atoms with Crippen LogP contribution in [0.1, 0.15) is 30.4 Å². The summed E-state index contributed by atoms with van der Waals surface area (Å²) in [4.78, 5) is 14.5. The molecule has 1 aliphatic heterocycles. The molecule has 3 rings (SSSR count). The maximum Gasteiger partial charge on any atom is 0.228 e. The minimum atomic E-state index is 0. The minimum absolute atomic E-state index is 0. The van der Waals surface area contributed by atoms with Crippen molar-refractivity contribution in [3.63, 3.8) is 0 Å². The Hall–Kier alpha value is -1.68. The monoisotopic (exact) mass is 402 g/mol. The molecule has 1 aromatic heterocycles. The van der Waals surface area contributed by atoms with Crippen LogP contribution in [0.2, 0.25) is 0 Å². The standard InChI is InChI=1S/C21H27N2O.BrH/c1-18-7-12-22(13-8-18)14-11-21(24)23-15-9-20(10-16-23)17-19-5-3-2-4-6-19;/h2-8,12-13,20H,9-11,14-17H2,1H3;1H/q+1;/p-1. The summed E-state index contributed by atoms with van der Waals surface area (Å²) in [6, 6.07) is 14.9. The molecule has 4 heteroatoms. The number of halogens is 1. The molecule has 1 aromatic carbocycles. The number of carbonyl (C=O) groups is 1. The van der Waals surface area contributed by atoms with E-state index in [0.29, 0.717) is 18.2 Å². The minimum Gasteiger partial charge on any atom is -1.00 e. The predicted molar refractivity (Wildman–Crippen MR) is 95.4 cm³/mol. The van der Waals surface area contributed by atoms with Gasteiger partial charge in [0.1, 0.15) is 0 Å². The van der Waals surface area contributed by atoms with Gasteiger partial charge in [0.05, 0.1) is 6.42 Å². The highest BCUT2D eigenvalue weighted by molar-refractivity contribution is 5.76. The van der Waals surface area contributed by atoms with Gasteiger partial charge in [-0.2, -0.15) is 0 Å². The summed E-state index contributed by atoms with van der Waals surface area (Å²) < 4.78 is 2.09. The van der Waals surface area contributed by atoms with Gasteiger partial charge in [-0.1, -0.05) is 30.3 Å². The van der Waals surface area contributed by atoms with E-state index in [0.717, 1.165) is 38.9 Å². The summed E-state index contributed by atoms with van der Waals surface area (Å²) in [7, 11) is 0. The van der Waals surface area contributed by atoms with Crippen LogP contribution in [0.5, 0.6) is 0 Å². The van der Waals surface area contributed by atoms with E-state index in [-0.39, 0.29) is 17.0 Å². The topological polar surface area (TPSA) is 24.2 Å². The van der Waals surface area contributed by atoms with Gasteiger partial charge in [0.2, 0.25) is 5.91 Å². The molecule has 0 atom stereocenters. The Balaban J connectivity index is 0.00000225. The molecular weight excluding hydrogens is 376 g/mol. The molecule has 2 aromatic rings. The lowest BCUT2D eigenvalue weighted by Gasteiger charge is -2.32. The van der Waals surface area contributed by atoms with Gasteiger partial charge < -0.3 is 21.9 Å². The van der Waals surface area contributed by atoms with Crippen LogP contribution in [0, 0.1) is 12.8 Å². The van der Waals surface area contributed by atoms with E-state index in [1.54, 1.807) is 0 Å². The highest BCUT2D eigenvalue weighted by Gasteiger charge is 2.23. The van der Waals surface area contributed by atoms with E-state index < -0.39 is 0 Å². The third-order valence-electron chi connectivity index (χ3n) is 4.98. The van der Waals surface area contributed by atoms with E-state index in [1.165, 1.54) is 11.1 Å². The molecule has 134 valence electrons. The molecule has 3 nitrogen and oxygen atoms in total. The number of nitrogens with zero attached hydrogens (tertiary/aromatic N) is 2. The Labute approximate surface area is 161 Å². The van der Waals surface area contributed by atoms with Crippen molar-refractivity contribution >= 4 is 5.91 Å². The maximum absolute atomic E-state index is 12.4. The SMILES string of the molecule is Cc1cc[n+](CCC(=O)N2CCC(Cc3ccccc3)CC2)cc1.[Br-]. The Morgan fingerprint density at radius 2 is 1.72 bits per heavy atom. The summed E-state index contributed by atoms with van der Waals surface area (Å²) in [6.07, 6.45) is 8.08. The van der Waals surface area contributed by atoms with Crippen LogP contribution in [0.15, 0.2) is 54.9 Å². The molecule has 0 bridgehead atoms. The van der Waals surface area contributed by atoms with Crippen molar-refractivity contribution in [2.45, 2.75) is 39.2 Å². The molecule has 1 fully saturated rings. The Kier molecular flexibility index (Phi) is 7.63. The van der Waals surface area contributed by atoms with Crippen molar-refractivity contribution in [3.05, 3.63) is 66.0 Å². The zero-order chi connectivity index (χ0) is 16.8. The average molecular weight is 403 g/mol. The Morgan fingerprint density at radius 3 is 2.36 bits per heavy atom. The summed E-state index contributed by atoms with van der Waals surface area (Å²) in [5, 5.41) is 0. The molecule has 0 spiro atoms. The molecule has 0 aliphatic carbocycles. The van der Waals surface area contributed by atoms with Gasteiger partial charge in [-0.15, -0.1) is 0 Å². The summed E-state index contributed by atoms with van der Waals surface area (Å²) in [5.74, 6) is 1.00. The van der Waals surface area contributed by atoms with Crippen LogP contribution >= 0.6 is 0 Å². The highest BCUT2D eigenvalue weighted by Crippen LogP contribution is 2.22. The molecule has 1 amide bonds. The van der Waals surface area contributed by atoms with Gasteiger partial charge in [-0.3, -0.25) is 4.79 Å². The fourth-order valence-electron chi connectivity index (χ4n) is 3.40. The predicted octanol–water partition coefficient (Wildman–Crippen LogP) is 0.158. The molecule has 0 N–H and O–H groups in total. The first kappa shape index (κ1) is 19.6. The van der Waals surface area contributed by atoms with Gasteiger partial charge in [0.15, 0.2) is 18.9 Å². The number of aromatic nitrogens is 1. The van der Waals surface area contributed by atoms with Gasteiger partial charge in [-0.25, -0.2) is 4.57 Å². The third kappa shape index (κ3) is 5.96. The summed E-state index contributed by atoms with van der Waals surface area (Å²) in [5.41, 5.74) is 2.66. The quantitative estimate of drug-likeness (QED) is 0.653. The lowest BCUT2D eigenvalue weighted by molar-refractivity contribution is -0.696. The van der Waals surface area contributed by atoms with Crippen LogP contribution in [0.4, 0.5) is 0 Å². The van der Waals surface area contributed by atoms with E-state index >= 15 is 0 Å². The Morgan fingerprint density at radius 1 is 1.08 bits per heavy atom. The van der Waals surface area contributed by atoms with Gasteiger partial charge in [0, 0.05) is 25.2 Å². The van der Waals surface area contributed by atoms with Crippen molar-refractivity contribution in [1.82, 2.24) is 4.90 Å². The van der Waals surface area contributed by atoms with E-state index in [2.05, 4.69) is 71.2 Å². The number of likely N-dealkylation sites (tertiary alicyclic amines) is 1. The second kappa shape index (κ2) is 9.71. The third-order valence-corrected chi connectivity index (χ3v) is 4.98. The second-order valence-electron chi connectivity index (χ2n) is 6.88. The van der Waals surface area contributed by atoms with Crippen LogP contribution in [-0.2, 0) is 17.8 Å². The molecule has 0 unspecified atom stereocenters. The first-order valence-corrected chi connectivity index (χ1v) is 8.98. The first-order valence-electron chi connectivity index (χ1n) is 8.98. The molecule has 2 heterocycles. The van der Waals surface area contributed by atoms with Crippen LogP contribution in [0.3, 0.4) is 0 Å². The number of piperidine rings is 1. The fourth-order valence-corrected chi connectivity index (χ4v) is 3.40. The lowest BCUT2D eigenvalue weighted by Crippen LogP contribution is -3.00. The highest BCUT2D eigenvalue weighted by atomic mass is 79.9. The van der Waals surface area contributed by atoms with Gasteiger partial charge in [-0.05, 0) is 43.2 Å². The zero-order valence-electron chi connectivity index (χ0n) is 14.9. The number of rotatable bonds is 5. The van der Waals surface area contributed by atoms with E-state index in [4.69, 9.17) is 0 Å². The van der Waals surface area contributed by atoms with Crippen LogP contribution in [0.25, 0.3) is 0 Å². The summed E-state index contributed by atoms with van der Waals surface area (Å²) >= 11 is 0. The normalized spacial score (nSPS) is 14.8. The molecule has 1 aliphatic rings. The Bertz CT molecular complexity index is 649. The van der Waals surface area contributed by atoms with E-state index in [1.807, 2.05) is 0 Å². The summed E-state index contributed by atoms with van der Waals surface area (Å²) in [6.45, 7) is 4.67. The number of pyridine rings is 1. The van der Waals surface area contributed by atoms with Crippen LogP contribution < -0.4 is 21.5 Å². The zero-order valence-corrected chi connectivity index (χ0v) is 16.5. The van der Waals surface area contributed by atoms with E-state index in [9.17, 15) is 4.79 Å². The van der Waals surface area contributed by atoms with Crippen molar-refractivity contribution in [1.29, 1.82) is 0 Å². The molecule has 0 saturated carbocycles. The fraction of sp³-hybridized carbons (Fsp3) is 0.429. The number of aryl methyl sites for hydroxylation is 2. The molecule has 0 radical (unpaired) electrons. The molecule has 1 saturated heterocycles. The lowest BCUT2D eigenvalue weighted by atomic mass is 9.90. The van der Waals surface area contributed by atoms with Crippen molar-refractivity contribution in [3.8, 4) is 0 Å². The largest absolute Gasteiger partial charge is 1.00 e. The van der Waals surface area contributed by atoms with Gasteiger partial charge in [0.25, 0.3) is 0 Å². The van der Waals surface area contributed by atoms with Crippen molar-refractivity contribution in [2.24, 2.45) is 5.92 Å². The first-order chi connectivity index (χ1) is 11.7. The van der Waals surface area contributed by atoms with Crippen molar-refractivity contribution < 1.29 is 26.3 Å². The van der Waals surface area contributed by atoms with Crippen molar-refractivity contribution in [2.75, 3.05) is 13.1 Å². The smallest absolute Gasteiger partial charge is 0.228 e. The second-order valence-corrected chi connectivity index (χ2v) is 6.88. The number of amides is 1. The maximum atomic E-state index is 12.4. The number of carbonyl (C=O) groups excluding carboxylic acids is 1. The number of hydrogen-bond acceptors (Lipinski definition) is 1. The molecule has 25 heavy (non-hydrogen) atoms. The van der Waals surface area contributed by atoms with Crippen LogP contribution in [-0.4, -0.2) is 23.9 Å².